The second-order valence-electron chi connectivity index (χ2n) is 6.00. The van der Waals surface area contributed by atoms with Crippen LogP contribution in [0.5, 0.6) is 0 Å². The number of benzene rings is 1. The summed E-state index contributed by atoms with van der Waals surface area (Å²) in [6, 6.07) is 11.0. The molecule has 122 valence electrons. The molecule has 0 amide bonds. The van der Waals surface area contributed by atoms with E-state index in [1.165, 1.54) is 5.56 Å². The Balaban J connectivity index is 1.79. The Morgan fingerprint density at radius 2 is 1.95 bits per heavy atom. The summed E-state index contributed by atoms with van der Waals surface area (Å²) in [5, 5.41) is 0.874. The van der Waals surface area contributed by atoms with Crippen molar-refractivity contribution in [3.8, 4) is 0 Å². The normalized spacial score (nSPS) is 17.9. The Hall–Kier alpha value is -1.00. The van der Waals surface area contributed by atoms with Crippen molar-refractivity contribution in [2.45, 2.75) is 52.3 Å². The van der Waals surface area contributed by atoms with E-state index in [2.05, 4.69) is 61.0 Å². The predicted octanol–water partition coefficient (Wildman–Crippen LogP) is 4.19. The van der Waals surface area contributed by atoms with E-state index < -0.39 is 0 Å². The number of piperidine rings is 1. The number of nitrogens with zero attached hydrogens (tertiary/aromatic N) is 2. The molecule has 1 aliphatic rings. The first kappa shape index (κ1) is 17.4. The third-order valence-corrected chi connectivity index (χ3v) is 4.42. The molecule has 1 heterocycles. The van der Waals surface area contributed by atoms with E-state index in [4.69, 9.17) is 4.74 Å². The third kappa shape index (κ3) is 6.01. The summed E-state index contributed by atoms with van der Waals surface area (Å²) in [4.78, 5) is 7.11. The molecule has 0 unspecified atom stereocenters. The topological polar surface area (TPSA) is 24.8 Å². The monoisotopic (exact) mass is 320 g/mol. The van der Waals surface area contributed by atoms with Crippen LogP contribution >= 0.6 is 11.8 Å². The highest BCUT2D eigenvalue weighted by Crippen LogP contribution is 2.19. The fourth-order valence-electron chi connectivity index (χ4n) is 2.61. The molecule has 2 rings (SSSR count). The van der Waals surface area contributed by atoms with E-state index in [0.717, 1.165) is 43.5 Å². The number of hydrogen-bond acceptors (Lipinski definition) is 4. The number of likely N-dealkylation sites (tertiary alicyclic amines) is 1. The number of rotatable bonds is 5. The Morgan fingerprint density at radius 3 is 2.55 bits per heavy atom. The summed E-state index contributed by atoms with van der Waals surface area (Å²) in [7, 11) is 0. The zero-order valence-corrected chi connectivity index (χ0v) is 14.8. The van der Waals surface area contributed by atoms with Gasteiger partial charge in [-0.25, -0.2) is 4.99 Å². The Bertz CT molecular complexity index is 453. The molecule has 1 aromatic carbocycles. The van der Waals surface area contributed by atoms with Gasteiger partial charge in [-0.15, -0.1) is 0 Å². The fraction of sp³-hybridized carbons (Fsp3) is 0.611. The van der Waals surface area contributed by atoms with Gasteiger partial charge in [-0.2, -0.15) is 0 Å². The molecule has 4 heteroatoms. The van der Waals surface area contributed by atoms with Gasteiger partial charge in [0, 0.05) is 25.7 Å². The standard InChI is InChI=1S/C18H28N2OS/c1-4-22-18(19-15(2)3)21-17-10-12-20(13-11-17)14-16-8-6-5-7-9-16/h5-9,15,17H,4,10-14H2,1-3H3. The first-order valence-corrected chi connectivity index (χ1v) is 9.29. The van der Waals surface area contributed by atoms with Crippen LogP contribution in [0.2, 0.25) is 0 Å². The van der Waals surface area contributed by atoms with Crippen LogP contribution in [0.1, 0.15) is 39.2 Å². The van der Waals surface area contributed by atoms with Crippen molar-refractivity contribution in [3.05, 3.63) is 35.9 Å². The van der Waals surface area contributed by atoms with E-state index in [-0.39, 0.29) is 0 Å². The van der Waals surface area contributed by atoms with Gasteiger partial charge in [0.15, 0.2) is 0 Å². The van der Waals surface area contributed by atoms with Gasteiger partial charge >= 0.3 is 0 Å². The van der Waals surface area contributed by atoms with E-state index in [1.54, 1.807) is 11.8 Å². The average molecular weight is 321 g/mol. The molecule has 1 saturated heterocycles. The molecule has 3 nitrogen and oxygen atoms in total. The molecule has 0 saturated carbocycles. The number of thioether (sulfide) groups is 1. The van der Waals surface area contributed by atoms with Crippen LogP contribution in [0.3, 0.4) is 0 Å². The highest BCUT2D eigenvalue weighted by molar-refractivity contribution is 8.13. The molecule has 1 fully saturated rings. The average Bonchev–Trinajstić information content (AvgIpc) is 2.50. The smallest absolute Gasteiger partial charge is 0.246 e. The van der Waals surface area contributed by atoms with Gasteiger partial charge in [-0.05, 0) is 38.0 Å². The van der Waals surface area contributed by atoms with Gasteiger partial charge < -0.3 is 4.74 Å². The van der Waals surface area contributed by atoms with Crippen LogP contribution < -0.4 is 0 Å². The van der Waals surface area contributed by atoms with Gasteiger partial charge in [0.2, 0.25) is 5.23 Å². The van der Waals surface area contributed by atoms with Gasteiger partial charge in [0.05, 0.1) is 0 Å². The summed E-state index contributed by atoms with van der Waals surface area (Å²) < 4.78 is 6.13. The molecule has 0 radical (unpaired) electrons. The molecule has 0 atom stereocenters. The highest BCUT2D eigenvalue weighted by atomic mass is 32.2. The number of hydrogen-bond donors (Lipinski definition) is 0. The molecule has 1 aliphatic heterocycles. The van der Waals surface area contributed by atoms with Crippen molar-refractivity contribution in [2.24, 2.45) is 4.99 Å². The van der Waals surface area contributed by atoms with Crippen molar-refractivity contribution >= 4 is 17.0 Å². The number of ether oxygens (including phenoxy) is 1. The minimum absolute atomic E-state index is 0.298. The summed E-state index contributed by atoms with van der Waals surface area (Å²) in [6.07, 6.45) is 2.51. The Kier molecular flexibility index (Phi) is 7.26. The third-order valence-electron chi connectivity index (χ3n) is 3.68. The zero-order chi connectivity index (χ0) is 15.8. The van der Waals surface area contributed by atoms with E-state index in [0.29, 0.717) is 12.1 Å². The first-order valence-electron chi connectivity index (χ1n) is 8.31. The second-order valence-corrected chi connectivity index (χ2v) is 7.22. The SMILES string of the molecule is CCSC(=NC(C)C)OC1CCN(Cc2ccccc2)CC1. The van der Waals surface area contributed by atoms with Gasteiger partial charge in [-0.3, -0.25) is 4.90 Å². The van der Waals surface area contributed by atoms with Gasteiger partial charge in [0.25, 0.3) is 0 Å². The van der Waals surface area contributed by atoms with Crippen LogP contribution in [0.4, 0.5) is 0 Å². The lowest BCUT2D eigenvalue weighted by molar-refractivity contribution is 0.0915. The summed E-state index contributed by atoms with van der Waals surface area (Å²) >= 11 is 1.72. The van der Waals surface area contributed by atoms with Crippen molar-refractivity contribution in [3.63, 3.8) is 0 Å². The molecule has 0 aliphatic carbocycles. The van der Waals surface area contributed by atoms with Crippen molar-refractivity contribution < 1.29 is 4.74 Å². The summed E-state index contributed by atoms with van der Waals surface area (Å²) in [5.74, 6) is 1.01. The van der Waals surface area contributed by atoms with Crippen molar-refractivity contribution in [1.29, 1.82) is 0 Å². The molecular weight excluding hydrogens is 292 g/mol. The predicted molar refractivity (Wildman–Crippen MR) is 96.5 cm³/mol. The highest BCUT2D eigenvalue weighted by Gasteiger charge is 2.21. The Morgan fingerprint density at radius 1 is 1.27 bits per heavy atom. The molecular formula is C18H28N2OS. The van der Waals surface area contributed by atoms with Crippen molar-refractivity contribution in [1.82, 2.24) is 4.90 Å². The lowest BCUT2D eigenvalue weighted by Gasteiger charge is -2.32. The minimum Gasteiger partial charge on any atom is -0.470 e. The molecule has 22 heavy (non-hydrogen) atoms. The summed E-state index contributed by atoms with van der Waals surface area (Å²) in [5.41, 5.74) is 1.39. The Labute approximate surface area is 139 Å². The van der Waals surface area contributed by atoms with Crippen LogP contribution in [-0.2, 0) is 11.3 Å². The van der Waals surface area contributed by atoms with Crippen LogP contribution in [0.25, 0.3) is 0 Å². The van der Waals surface area contributed by atoms with E-state index in [1.807, 2.05) is 0 Å². The maximum atomic E-state index is 6.13. The molecule has 0 bridgehead atoms. The second kappa shape index (κ2) is 9.21. The van der Waals surface area contributed by atoms with Crippen LogP contribution in [-0.4, -0.2) is 41.1 Å². The van der Waals surface area contributed by atoms with Crippen molar-refractivity contribution in [2.75, 3.05) is 18.8 Å². The fourth-order valence-corrected chi connectivity index (χ4v) is 3.34. The minimum atomic E-state index is 0.298. The molecule has 0 N–H and O–H groups in total. The summed E-state index contributed by atoms with van der Waals surface area (Å²) in [6.45, 7) is 9.59. The van der Waals surface area contributed by atoms with Gasteiger partial charge in [-0.1, -0.05) is 49.0 Å². The maximum Gasteiger partial charge on any atom is 0.246 e. The quantitative estimate of drug-likeness (QED) is 0.601. The lowest BCUT2D eigenvalue weighted by Crippen LogP contribution is -2.37. The lowest BCUT2D eigenvalue weighted by atomic mass is 10.1. The largest absolute Gasteiger partial charge is 0.470 e. The first-order chi connectivity index (χ1) is 10.7. The van der Waals surface area contributed by atoms with Crippen LogP contribution in [0.15, 0.2) is 35.3 Å². The van der Waals surface area contributed by atoms with Gasteiger partial charge in [0.1, 0.15) is 6.10 Å². The molecule has 0 aromatic heterocycles. The van der Waals surface area contributed by atoms with E-state index in [9.17, 15) is 0 Å². The maximum absolute atomic E-state index is 6.13. The molecule has 1 aromatic rings. The van der Waals surface area contributed by atoms with Crippen LogP contribution in [0, 0.1) is 0 Å². The van der Waals surface area contributed by atoms with E-state index >= 15 is 0 Å². The zero-order valence-electron chi connectivity index (χ0n) is 14.0. The molecule has 0 spiro atoms. The number of aliphatic imine (C=N–C) groups is 1.